The first-order valence-corrected chi connectivity index (χ1v) is 11.3. The summed E-state index contributed by atoms with van der Waals surface area (Å²) in [5.41, 5.74) is 1.88. The largest absolute Gasteiger partial charge is 0.332 e. The third-order valence-electron chi connectivity index (χ3n) is 5.65. The first kappa shape index (κ1) is 19.8. The normalized spacial score (nSPS) is 16.3. The third-order valence-corrected chi connectivity index (χ3v) is 7.11. The molecule has 0 spiro atoms. The van der Waals surface area contributed by atoms with Gasteiger partial charge in [-0.2, -0.15) is 0 Å². The fourth-order valence-corrected chi connectivity index (χ4v) is 5.53. The van der Waals surface area contributed by atoms with Gasteiger partial charge in [-0.1, -0.05) is 18.2 Å². The molecule has 3 heterocycles. The molecule has 0 saturated carbocycles. The Balaban J connectivity index is 1.51. The van der Waals surface area contributed by atoms with E-state index in [1.165, 1.54) is 4.57 Å². The summed E-state index contributed by atoms with van der Waals surface area (Å²) in [4.78, 5) is 35.9. The maximum Gasteiger partial charge on any atom is 0.262 e. The van der Waals surface area contributed by atoms with Crippen LogP contribution in [0, 0.1) is 4.77 Å². The summed E-state index contributed by atoms with van der Waals surface area (Å²) >= 11 is 6.97. The average molecular weight is 449 g/mol. The number of hydrogen-bond acceptors (Lipinski definition) is 5. The van der Waals surface area contributed by atoms with Gasteiger partial charge in [-0.05, 0) is 55.4 Å². The van der Waals surface area contributed by atoms with Crippen LogP contribution in [0.15, 0.2) is 59.9 Å². The fourth-order valence-electron chi connectivity index (χ4n) is 4.15. The number of nitrogens with one attached hydrogen (secondary N) is 1. The number of para-hydroxylation sites is 1. The Morgan fingerprint density at radius 1 is 1.32 bits per heavy atom. The number of hydrogen-bond donors (Lipinski definition) is 1. The summed E-state index contributed by atoms with van der Waals surface area (Å²) in [6.45, 7) is 4.70. The van der Waals surface area contributed by atoms with Gasteiger partial charge in [0, 0.05) is 18.7 Å². The van der Waals surface area contributed by atoms with Crippen molar-refractivity contribution in [3.8, 4) is 0 Å². The minimum atomic E-state index is -0.189. The molecule has 1 fully saturated rings. The van der Waals surface area contributed by atoms with Crippen molar-refractivity contribution in [2.75, 3.05) is 6.54 Å². The zero-order valence-electron chi connectivity index (χ0n) is 16.7. The standard InChI is InChI=1S/C23H20N4O2S2/c1-2-11-27-22(29)15-10-9-14(13-17(15)25-23(27)30)21(28)26-12-5-7-18(26)20-24-16-6-3-4-8-19(16)31-20/h2-4,6,8-10,13,18H,1,5,7,11-12H2,(H,25,30). The van der Waals surface area contributed by atoms with E-state index in [1.54, 1.807) is 35.6 Å². The lowest BCUT2D eigenvalue weighted by Crippen LogP contribution is -2.30. The van der Waals surface area contributed by atoms with Gasteiger partial charge < -0.3 is 9.88 Å². The lowest BCUT2D eigenvalue weighted by atomic mass is 10.1. The minimum absolute atomic E-state index is 0.0281. The van der Waals surface area contributed by atoms with Crippen LogP contribution >= 0.6 is 23.6 Å². The van der Waals surface area contributed by atoms with Crippen LogP contribution in [0.3, 0.4) is 0 Å². The fraction of sp³-hybridized carbons (Fsp3) is 0.217. The number of amides is 1. The van der Waals surface area contributed by atoms with Gasteiger partial charge in [0.25, 0.3) is 11.5 Å². The Kier molecular flexibility index (Phi) is 5.03. The molecule has 1 amide bonds. The van der Waals surface area contributed by atoms with Crippen LogP contribution in [0.2, 0.25) is 0 Å². The molecule has 1 aliphatic rings. The average Bonchev–Trinajstić information content (AvgIpc) is 3.42. The van der Waals surface area contributed by atoms with Crippen LogP contribution in [0.1, 0.15) is 34.2 Å². The summed E-state index contributed by atoms with van der Waals surface area (Å²) in [7, 11) is 0. The molecule has 0 radical (unpaired) electrons. The molecule has 1 atom stereocenters. The van der Waals surface area contributed by atoms with Crippen molar-refractivity contribution < 1.29 is 4.79 Å². The van der Waals surface area contributed by atoms with Gasteiger partial charge in [-0.15, -0.1) is 17.9 Å². The van der Waals surface area contributed by atoms with Crippen LogP contribution < -0.4 is 5.56 Å². The van der Waals surface area contributed by atoms with Crippen molar-refractivity contribution in [3.63, 3.8) is 0 Å². The molecule has 2 aromatic carbocycles. The highest BCUT2D eigenvalue weighted by Crippen LogP contribution is 2.37. The van der Waals surface area contributed by atoms with Crippen molar-refractivity contribution in [1.29, 1.82) is 0 Å². The topological polar surface area (TPSA) is 71.0 Å². The second-order valence-electron chi connectivity index (χ2n) is 7.57. The Hall–Kier alpha value is -3.10. The molecule has 2 aromatic heterocycles. The summed E-state index contributed by atoms with van der Waals surface area (Å²) in [6.07, 6.45) is 3.47. The van der Waals surface area contributed by atoms with Crippen molar-refractivity contribution in [1.82, 2.24) is 19.4 Å². The van der Waals surface area contributed by atoms with E-state index >= 15 is 0 Å². The number of H-pyrrole nitrogens is 1. The van der Waals surface area contributed by atoms with Gasteiger partial charge >= 0.3 is 0 Å². The number of fused-ring (bicyclic) bond motifs is 2. The molecule has 1 saturated heterocycles. The number of aromatic nitrogens is 3. The molecule has 8 heteroatoms. The van der Waals surface area contributed by atoms with Crippen LogP contribution in [-0.4, -0.2) is 31.9 Å². The van der Waals surface area contributed by atoms with Gasteiger partial charge in [0.05, 0.1) is 27.2 Å². The molecule has 0 aliphatic carbocycles. The lowest BCUT2D eigenvalue weighted by Gasteiger charge is -2.23. The molecule has 1 unspecified atom stereocenters. The van der Waals surface area contributed by atoms with E-state index < -0.39 is 0 Å². The van der Waals surface area contributed by atoms with Crippen LogP contribution in [0.25, 0.3) is 21.1 Å². The van der Waals surface area contributed by atoms with Crippen LogP contribution in [0.5, 0.6) is 0 Å². The molecule has 5 rings (SSSR count). The van der Waals surface area contributed by atoms with Crippen molar-refractivity contribution in [2.45, 2.75) is 25.4 Å². The summed E-state index contributed by atoms with van der Waals surface area (Å²) < 4.78 is 2.90. The minimum Gasteiger partial charge on any atom is -0.332 e. The highest BCUT2D eigenvalue weighted by atomic mass is 32.1. The predicted octanol–water partition coefficient (Wildman–Crippen LogP) is 4.83. The number of benzene rings is 2. The van der Waals surface area contributed by atoms with E-state index in [4.69, 9.17) is 17.2 Å². The number of thiazole rings is 1. The van der Waals surface area contributed by atoms with Gasteiger partial charge in [-0.3, -0.25) is 14.2 Å². The third kappa shape index (κ3) is 3.41. The molecule has 156 valence electrons. The number of carbonyl (C=O) groups is 1. The maximum absolute atomic E-state index is 13.4. The van der Waals surface area contributed by atoms with E-state index in [0.717, 1.165) is 28.1 Å². The molecular weight excluding hydrogens is 428 g/mol. The Morgan fingerprint density at radius 2 is 2.16 bits per heavy atom. The second-order valence-corrected chi connectivity index (χ2v) is 9.02. The second kappa shape index (κ2) is 7.86. The highest BCUT2D eigenvalue weighted by molar-refractivity contribution is 7.71. The van der Waals surface area contributed by atoms with Crippen molar-refractivity contribution >= 4 is 50.6 Å². The lowest BCUT2D eigenvalue weighted by molar-refractivity contribution is 0.0735. The van der Waals surface area contributed by atoms with Crippen LogP contribution in [0.4, 0.5) is 0 Å². The van der Waals surface area contributed by atoms with E-state index in [0.29, 0.717) is 34.3 Å². The molecule has 0 bridgehead atoms. The summed E-state index contributed by atoms with van der Waals surface area (Å²) in [6, 6.07) is 13.1. The van der Waals surface area contributed by atoms with Gasteiger partial charge in [0.1, 0.15) is 5.01 Å². The van der Waals surface area contributed by atoms with Crippen molar-refractivity contribution in [3.05, 3.63) is 80.8 Å². The number of nitrogens with zero attached hydrogens (tertiary/aromatic N) is 3. The zero-order chi connectivity index (χ0) is 21.5. The Labute approximate surface area is 187 Å². The first-order valence-electron chi connectivity index (χ1n) is 10.1. The number of rotatable bonds is 4. The zero-order valence-corrected chi connectivity index (χ0v) is 18.3. The highest BCUT2D eigenvalue weighted by Gasteiger charge is 2.33. The van der Waals surface area contributed by atoms with E-state index in [9.17, 15) is 9.59 Å². The molecule has 1 aliphatic heterocycles. The van der Waals surface area contributed by atoms with E-state index in [-0.39, 0.29) is 17.5 Å². The quantitative estimate of drug-likeness (QED) is 0.358. The summed E-state index contributed by atoms with van der Waals surface area (Å²) in [5.74, 6) is -0.0572. The van der Waals surface area contributed by atoms with E-state index in [2.05, 4.69) is 17.6 Å². The maximum atomic E-state index is 13.4. The van der Waals surface area contributed by atoms with E-state index in [1.807, 2.05) is 23.1 Å². The molecule has 4 aromatic rings. The monoisotopic (exact) mass is 448 g/mol. The van der Waals surface area contributed by atoms with Gasteiger partial charge in [0.2, 0.25) is 0 Å². The number of allylic oxidation sites excluding steroid dienone is 1. The smallest absolute Gasteiger partial charge is 0.262 e. The first-order chi connectivity index (χ1) is 15.1. The SMILES string of the molecule is C=CCn1c(=S)[nH]c2cc(C(=O)N3CCCC3c3nc4ccccc4s3)ccc2c1=O. The van der Waals surface area contributed by atoms with Crippen LogP contribution in [-0.2, 0) is 6.54 Å². The Morgan fingerprint density at radius 3 is 2.97 bits per heavy atom. The Bertz CT molecular complexity index is 1420. The van der Waals surface area contributed by atoms with Crippen molar-refractivity contribution in [2.24, 2.45) is 0 Å². The molecule has 31 heavy (non-hydrogen) atoms. The summed E-state index contributed by atoms with van der Waals surface area (Å²) in [5, 5.41) is 1.47. The number of aromatic amines is 1. The molecule has 6 nitrogen and oxygen atoms in total. The van der Waals surface area contributed by atoms with Gasteiger partial charge in [-0.25, -0.2) is 4.98 Å². The molecular formula is C23H20N4O2S2. The number of carbonyl (C=O) groups excluding carboxylic acids is 1. The van der Waals surface area contributed by atoms with Gasteiger partial charge in [0.15, 0.2) is 4.77 Å². The number of likely N-dealkylation sites (tertiary alicyclic amines) is 1. The molecule has 1 N–H and O–H groups in total. The predicted molar refractivity (Wildman–Crippen MR) is 126 cm³/mol.